The van der Waals surface area contributed by atoms with Gasteiger partial charge in [0.2, 0.25) is 0 Å². The summed E-state index contributed by atoms with van der Waals surface area (Å²) < 4.78 is 13.9. The highest BCUT2D eigenvalue weighted by Crippen LogP contribution is 2.29. The minimum Gasteiger partial charge on any atom is -0.496 e. The van der Waals surface area contributed by atoms with Crippen molar-refractivity contribution in [1.29, 1.82) is 0 Å². The number of carbonyl (C=O) groups is 1. The Labute approximate surface area is 179 Å². The van der Waals surface area contributed by atoms with Crippen molar-refractivity contribution < 1.29 is 14.3 Å². The van der Waals surface area contributed by atoms with E-state index in [2.05, 4.69) is 5.32 Å². The minimum atomic E-state index is -0.251. The molecule has 2 aromatic carbocycles. The van der Waals surface area contributed by atoms with Crippen LogP contribution in [0.4, 0.5) is 0 Å². The van der Waals surface area contributed by atoms with Gasteiger partial charge in [0.1, 0.15) is 11.3 Å². The zero-order valence-electron chi connectivity index (χ0n) is 17.8. The van der Waals surface area contributed by atoms with Crippen LogP contribution in [0.3, 0.4) is 0 Å². The highest BCUT2D eigenvalue weighted by Gasteiger charge is 2.21. The number of para-hydroxylation sites is 2. The molecule has 0 aliphatic heterocycles. The van der Waals surface area contributed by atoms with Gasteiger partial charge in [0.25, 0.3) is 11.5 Å². The summed E-state index contributed by atoms with van der Waals surface area (Å²) in [7, 11) is 5.04. The number of carbonyl (C=O) groups excluding carboxylic acids is 1. The van der Waals surface area contributed by atoms with E-state index in [-0.39, 0.29) is 11.5 Å². The van der Waals surface area contributed by atoms with E-state index in [9.17, 15) is 9.59 Å². The third kappa shape index (κ3) is 3.68. The largest absolute Gasteiger partial charge is 0.496 e. The lowest BCUT2D eigenvalue weighted by atomic mass is 10.1. The average molecular weight is 419 g/mol. The Balaban J connectivity index is 1.83. The fourth-order valence-electron chi connectivity index (χ4n) is 3.98. The van der Waals surface area contributed by atoms with E-state index < -0.39 is 0 Å². The van der Waals surface area contributed by atoms with Crippen LogP contribution in [0.2, 0.25) is 0 Å². The molecule has 0 saturated heterocycles. The lowest BCUT2D eigenvalue weighted by Crippen LogP contribution is -2.28. The Kier molecular flexibility index (Phi) is 5.77. The summed E-state index contributed by atoms with van der Waals surface area (Å²) in [5, 5.41) is 4.52. The second kappa shape index (κ2) is 8.65. The summed E-state index contributed by atoms with van der Waals surface area (Å²) in [5.74, 6) is 0.460. The van der Waals surface area contributed by atoms with Gasteiger partial charge in [0.05, 0.1) is 19.3 Å². The van der Waals surface area contributed by atoms with E-state index in [1.54, 1.807) is 25.0 Å². The number of nitrogens with one attached hydrogen (secondary N) is 1. The second-order valence-electron chi connectivity index (χ2n) is 7.33. The predicted octanol–water partition coefficient (Wildman–Crippen LogP) is 3.08. The summed E-state index contributed by atoms with van der Waals surface area (Å²) in [5.41, 5.74) is 2.59. The monoisotopic (exact) mass is 419 g/mol. The number of aryl methyl sites for hydroxylation is 1. The number of methoxy groups -OCH3 is 2. The van der Waals surface area contributed by atoms with Crippen molar-refractivity contribution in [3.05, 3.63) is 76.2 Å². The van der Waals surface area contributed by atoms with Gasteiger partial charge >= 0.3 is 0 Å². The van der Waals surface area contributed by atoms with Crippen molar-refractivity contribution in [2.45, 2.75) is 13.1 Å². The molecule has 0 saturated carbocycles. The molecule has 0 fully saturated rings. The second-order valence-corrected chi connectivity index (χ2v) is 7.33. The van der Waals surface area contributed by atoms with Gasteiger partial charge in [0, 0.05) is 55.3 Å². The van der Waals surface area contributed by atoms with Crippen molar-refractivity contribution in [2.75, 3.05) is 20.8 Å². The van der Waals surface area contributed by atoms with E-state index in [1.807, 2.05) is 60.1 Å². The predicted molar refractivity (Wildman–Crippen MR) is 121 cm³/mol. The lowest BCUT2D eigenvalue weighted by molar-refractivity contribution is 0.0951. The number of benzene rings is 2. The normalized spacial score (nSPS) is 11.2. The number of rotatable bonds is 7. The maximum absolute atomic E-state index is 13.3. The molecule has 2 heterocycles. The first kappa shape index (κ1) is 20.7. The number of amides is 1. The topological polar surface area (TPSA) is 74.5 Å². The quantitative estimate of drug-likeness (QED) is 0.500. The molecule has 160 valence electrons. The van der Waals surface area contributed by atoms with Crippen LogP contribution < -0.4 is 15.6 Å². The molecule has 0 unspecified atom stereocenters. The molecule has 4 aromatic rings. The summed E-state index contributed by atoms with van der Waals surface area (Å²) >= 11 is 0. The first-order valence-corrected chi connectivity index (χ1v) is 10.1. The summed E-state index contributed by atoms with van der Waals surface area (Å²) in [6.45, 7) is 1.05. The van der Waals surface area contributed by atoms with Crippen molar-refractivity contribution >= 4 is 27.7 Å². The summed E-state index contributed by atoms with van der Waals surface area (Å²) in [4.78, 5) is 26.5. The van der Waals surface area contributed by atoms with Crippen LogP contribution in [0.25, 0.3) is 21.8 Å². The van der Waals surface area contributed by atoms with Gasteiger partial charge in [0.15, 0.2) is 0 Å². The molecule has 0 atom stereocenters. The van der Waals surface area contributed by atoms with Crippen LogP contribution in [0, 0.1) is 0 Å². The number of hydrogen-bond acceptors (Lipinski definition) is 4. The number of hydrogen-bond donors (Lipinski definition) is 1. The van der Waals surface area contributed by atoms with Crippen molar-refractivity contribution in [3.8, 4) is 5.75 Å². The number of ether oxygens (including phenoxy) is 2. The van der Waals surface area contributed by atoms with Crippen LogP contribution >= 0.6 is 0 Å². The van der Waals surface area contributed by atoms with Gasteiger partial charge < -0.3 is 23.9 Å². The van der Waals surface area contributed by atoms with Gasteiger partial charge in [-0.1, -0.05) is 36.4 Å². The van der Waals surface area contributed by atoms with Crippen molar-refractivity contribution in [3.63, 3.8) is 0 Å². The molecule has 0 aliphatic rings. The zero-order valence-corrected chi connectivity index (χ0v) is 17.8. The molecular formula is C24H25N3O4. The van der Waals surface area contributed by atoms with Gasteiger partial charge in [-0.25, -0.2) is 0 Å². The molecule has 0 radical (unpaired) electrons. The lowest BCUT2D eigenvalue weighted by Gasteiger charge is -2.13. The van der Waals surface area contributed by atoms with Gasteiger partial charge in [-0.2, -0.15) is 0 Å². The van der Waals surface area contributed by atoms with Crippen LogP contribution in [0.15, 0.2) is 59.5 Å². The molecule has 0 bridgehead atoms. The van der Waals surface area contributed by atoms with E-state index in [4.69, 9.17) is 9.47 Å². The Morgan fingerprint density at radius 3 is 2.58 bits per heavy atom. The molecule has 1 N–H and O–H groups in total. The minimum absolute atomic E-state index is 0.146. The Bertz CT molecular complexity index is 1320. The third-order valence-corrected chi connectivity index (χ3v) is 5.54. The van der Waals surface area contributed by atoms with Crippen LogP contribution in [0.1, 0.15) is 15.9 Å². The SMILES string of the molecule is COCCn1cc(C(=O)NCc2ccccc2OC)c2c3ccccc3n(C)c2c1=O. The average Bonchev–Trinajstić information content (AvgIpc) is 3.10. The molecule has 2 aromatic heterocycles. The van der Waals surface area contributed by atoms with Crippen LogP contribution in [-0.4, -0.2) is 35.9 Å². The maximum atomic E-state index is 13.3. The summed E-state index contributed by atoms with van der Waals surface area (Å²) in [6.07, 6.45) is 1.63. The maximum Gasteiger partial charge on any atom is 0.275 e. The third-order valence-electron chi connectivity index (χ3n) is 5.54. The molecular weight excluding hydrogens is 394 g/mol. The molecule has 4 rings (SSSR count). The van der Waals surface area contributed by atoms with Crippen LogP contribution in [0.5, 0.6) is 5.75 Å². The first-order chi connectivity index (χ1) is 15.1. The van der Waals surface area contributed by atoms with Gasteiger partial charge in [-0.05, 0) is 12.1 Å². The Hall–Kier alpha value is -3.58. The number of nitrogens with zero attached hydrogens (tertiary/aromatic N) is 2. The molecule has 7 nitrogen and oxygen atoms in total. The molecule has 31 heavy (non-hydrogen) atoms. The smallest absolute Gasteiger partial charge is 0.275 e. The number of fused-ring (bicyclic) bond motifs is 3. The number of pyridine rings is 1. The first-order valence-electron chi connectivity index (χ1n) is 10.1. The van der Waals surface area contributed by atoms with E-state index in [1.165, 1.54) is 0 Å². The van der Waals surface area contributed by atoms with Gasteiger partial charge in [-0.3, -0.25) is 9.59 Å². The Morgan fingerprint density at radius 1 is 1.06 bits per heavy atom. The molecule has 1 amide bonds. The van der Waals surface area contributed by atoms with E-state index in [0.717, 1.165) is 16.5 Å². The summed E-state index contributed by atoms with van der Waals surface area (Å²) in [6, 6.07) is 15.3. The van der Waals surface area contributed by atoms with E-state index >= 15 is 0 Å². The number of aromatic nitrogens is 2. The molecule has 0 spiro atoms. The highest BCUT2D eigenvalue weighted by molar-refractivity contribution is 6.17. The van der Waals surface area contributed by atoms with Gasteiger partial charge in [-0.15, -0.1) is 0 Å². The highest BCUT2D eigenvalue weighted by atomic mass is 16.5. The van der Waals surface area contributed by atoms with Crippen LogP contribution in [-0.2, 0) is 24.9 Å². The fraction of sp³-hybridized carbons (Fsp3) is 0.250. The fourth-order valence-corrected chi connectivity index (χ4v) is 3.98. The van der Waals surface area contributed by atoms with Crippen molar-refractivity contribution in [1.82, 2.24) is 14.5 Å². The standard InChI is InChI=1S/C24H25N3O4/c1-26-19-10-6-5-9-17(19)21-18(15-27(12-13-30-2)24(29)22(21)26)23(28)25-14-16-8-4-7-11-20(16)31-3/h4-11,15H,12-14H2,1-3H3,(H,25,28). The van der Waals surface area contributed by atoms with Crippen molar-refractivity contribution in [2.24, 2.45) is 7.05 Å². The Morgan fingerprint density at radius 2 is 1.81 bits per heavy atom. The van der Waals surface area contributed by atoms with E-state index in [0.29, 0.717) is 41.9 Å². The molecule has 7 heteroatoms. The zero-order chi connectivity index (χ0) is 22.0. The molecule has 0 aliphatic carbocycles.